The Balaban J connectivity index is 2.90. The van der Waals surface area contributed by atoms with E-state index in [4.69, 9.17) is 20.4 Å². The van der Waals surface area contributed by atoms with Crippen molar-refractivity contribution in [2.75, 3.05) is 0 Å². The Hall–Kier alpha value is -0.250. The fourth-order valence-corrected chi connectivity index (χ4v) is 1.56. The van der Waals surface area contributed by atoms with Crippen LogP contribution in [-0.4, -0.2) is 60.6 Å². The van der Waals surface area contributed by atoms with Gasteiger partial charge in [-0.1, -0.05) is 0 Å². The smallest absolute Gasteiger partial charge is 0.335 e. The van der Waals surface area contributed by atoms with Crippen molar-refractivity contribution in [2.24, 2.45) is 0 Å². The molecule has 1 aliphatic rings. The van der Waals surface area contributed by atoms with Crippen LogP contribution in [0.3, 0.4) is 0 Å². The molecule has 5 N–H and O–H groups in total. The van der Waals surface area contributed by atoms with E-state index >= 15 is 0 Å². The molecule has 0 aliphatic carbocycles. The molecule has 0 aromatic heterocycles. The quantitative estimate of drug-likeness (QED) is 0.337. The van der Waals surface area contributed by atoms with Crippen molar-refractivity contribution in [3.8, 4) is 0 Å². The molecule has 0 saturated carbocycles. The second kappa shape index (κ2) is 3.72. The van der Waals surface area contributed by atoms with E-state index < -0.39 is 35.1 Å². The summed E-state index contributed by atoms with van der Waals surface area (Å²) in [6.07, 6.45) is -7.26. The highest BCUT2D eigenvalue weighted by molar-refractivity contribution is 9.10. The summed E-state index contributed by atoms with van der Waals surface area (Å²) in [7, 11) is 0. The van der Waals surface area contributed by atoms with Crippen molar-refractivity contribution in [1.82, 2.24) is 0 Å². The van der Waals surface area contributed by atoms with Crippen LogP contribution in [0.4, 0.5) is 0 Å². The molecule has 0 bridgehead atoms. The molecule has 0 amide bonds. The van der Waals surface area contributed by atoms with Gasteiger partial charge in [-0.2, -0.15) is 0 Å². The van der Waals surface area contributed by atoms with Crippen LogP contribution in [-0.2, 0) is 9.53 Å². The second-order valence-corrected chi connectivity index (χ2v) is 4.05. The van der Waals surface area contributed by atoms with Gasteiger partial charge in [0.1, 0.15) is 18.3 Å². The topological polar surface area (TPSA) is 127 Å². The summed E-state index contributed by atoms with van der Waals surface area (Å²) in [6, 6.07) is 0. The maximum Gasteiger partial charge on any atom is 0.335 e. The van der Waals surface area contributed by atoms with Gasteiger partial charge in [0.15, 0.2) is 6.10 Å². The van der Waals surface area contributed by atoms with Gasteiger partial charge in [-0.3, -0.25) is 0 Å². The van der Waals surface area contributed by atoms with E-state index in [1.54, 1.807) is 0 Å². The van der Waals surface area contributed by atoms with Crippen molar-refractivity contribution < 1.29 is 35.1 Å². The van der Waals surface area contributed by atoms with Gasteiger partial charge in [0.2, 0.25) is 0 Å². The van der Waals surface area contributed by atoms with Crippen LogP contribution >= 0.6 is 15.9 Å². The van der Waals surface area contributed by atoms with Crippen LogP contribution in [0.1, 0.15) is 0 Å². The number of halogens is 1. The van der Waals surface area contributed by atoms with Crippen LogP contribution in [0.2, 0.25) is 0 Å². The largest absolute Gasteiger partial charge is 0.479 e. The van der Waals surface area contributed by atoms with Crippen LogP contribution in [0.5, 0.6) is 0 Å². The maximum atomic E-state index is 10.5. The molecule has 0 radical (unpaired) electrons. The van der Waals surface area contributed by atoms with Crippen LogP contribution in [0.15, 0.2) is 0 Å². The van der Waals surface area contributed by atoms with E-state index in [1.165, 1.54) is 0 Å². The third-order valence-electron chi connectivity index (χ3n) is 1.88. The second-order valence-electron chi connectivity index (χ2n) is 2.91. The lowest BCUT2D eigenvalue weighted by atomic mass is 9.99. The van der Waals surface area contributed by atoms with E-state index in [0.29, 0.717) is 0 Å². The molecule has 7 nitrogen and oxygen atoms in total. The summed E-state index contributed by atoms with van der Waals surface area (Å²) in [5, 5.41) is 45.3. The fourth-order valence-electron chi connectivity index (χ4n) is 1.09. The van der Waals surface area contributed by atoms with Crippen molar-refractivity contribution in [3.05, 3.63) is 0 Å². The van der Waals surface area contributed by atoms with E-state index in [-0.39, 0.29) is 0 Å². The van der Waals surface area contributed by atoms with Gasteiger partial charge in [-0.15, -0.1) is 0 Å². The monoisotopic (exact) mass is 272 g/mol. The molecule has 1 aliphatic heterocycles. The number of rotatable bonds is 1. The molecule has 0 aromatic rings. The third-order valence-corrected chi connectivity index (χ3v) is 2.54. The summed E-state index contributed by atoms with van der Waals surface area (Å²) in [5.41, 5.74) is 0. The Kier molecular flexibility index (Phi) is 3.14. The first-order chi connectivity index (χ1) is 6.27. The summed E-state index contributed by atoms with van der Waals surface area (Å²) in [5.74, 6) is -1.55. The van der Waals surface area contributed by atoms with Crippen LogP contribution in [0.25, 0.3) is 0 Å². The van der Waals surface area contributed by atoms with Crippen molar-refractivity contribution in [2.45, 2.75) is 29.1 Å². The lowest BCUT2D eigenvalue weighted by Gasteiger charge is -2.40. The Morgan fingerprint density at radius 1 is 1.29 bits per heavy atom. The summed E-state index contributed by atoms with van der Waals surface area (Å²) in [6.45, 7) is 0. The minimum Gasteiger partial charge on any atom is -0.479 e. The van der Waals surface area contributed by atoms with Crippen LogP contribution < -0.4 is 0 Å². The van der Waals surface area contributed by atoms with Gasteiger partial charge in [0, 0.05) is 0 Å². The highest BCUT2D eigenvalue weighted by Gasteiger charge is 2.53. The number of aliphatic hydroxyl groups excluding tert-OH is 3. The zero-order chi connectivity index (χ0) is 11.1. The standard InChI is InChI=1S/C6H9BrO7/c7-6(13)4(10)2(9)1(8)3(14-6)5(11)12/h1-4,8-10,13H,(H,11,12)/t1-,2-,3-,4+,6+/m0/s1. The van der Waals surface area contributed by atoms with Crippen LogP contribution in [0, 0.1) is 0 Å². The molecule has 8 heteroatoms. The molecule has 0 aromatic carbocycles. The fraction of sp³-hybridized carbons (Fsp3) is 0.833. The number of aliphatic carboxylic acids is 1. The number of carbonyl (C=O) groups is 1. The summed E-state index contributed by atoms with van der Waals surface area (Å²) >= 11 is 2.48. The average Bonchev–Trinajstić information content (AvgIpc) is 2.08. The third kappa shape index (κ3) is 1.90. The van der Waals surface area contributed by atoms with Gasteiger partial charge in [-0.05, 0) is 15.9 Å². The first-order valence-electron chi connectivity index (χ1n) is 3.63. The summed E-state index contributed by atoms with van der Waals surface area (Å²) < 4.78 is 2.06. The molecule has 1 saturated heterocycles. The highest BCUT2D eigenvalue weighted by atomic mass is 79.9. The minimum atomic E-state index is -2.38. The first-order valence-corrected chi connectivity index (χ1v) is 4.43. The number of hydrogen-bond acceptors (Lipinski definition) is 6. The Labute approximate surface area is 86.7 Å². The zero-order valence-electron chi connectivity index (χ0n) is 6.74. The van der Waals surface area contributed by atoms with E-state index in [0.717, 1.165) is 0 Å². The normalized spacial score (nSPS) is 48.9. The van der Waals surface area contributed by atoms with Crippen molar-refractivity contribution in [1.29, 1.82) is 0 Å². The Bertz CT molecular complexity index is 242. The minimum absolute atomic E-state index is 1.55. The highest BCUT2D eigenvalue weighted by Crippen LogP contribution is 2.32. The number of aliphatic hydroxyl groups is 4. The van der Waals surface area contributed by atoms with E-state index in [9.17, 15) is 9.90 Å². The molecule has 0 unspecified atom stereocenters. The molecule has 1 rings (SSSR count). The molecule has 1 heterocycles. The van der Waals surface area contributed by atoms with Crippen molar-refractivity contribution >= 4 is 21.9 Å². The zero-order valence-corrected chi connectivity index (χ0v) is 8.33. The predicted octanol–water partition coefficient (Wildman–Crippen LogP) is -2.41. The number of hydrogen-bond donors (Lipinski definition) is 5. The lowest BCUT2D eigenvalue weighted by Crippen LogP contribution is -2.63. The van der Waals surface area contributed by atoms with Gasteiger partial charge < -0.3 is 30.3 Å². The van der Waals surface area contributed by atoms with Gasteiger partial charge in [-0.25, -0.2) is 4.79 Å². The Morgan fingerprint density at radius 3 is 2.21 bits per heavy atom. The van der Waals surface area contributed by atoms with Gasteiger partial charge >= 0.3 is 5.97 Å². The molecule has 0 spiro atoms. The maximum absolute atomic E-state index is 10.5. The molecule has 5 atom stereocenters. The Morgan fingerprint density at radius 2 is 1.79 bits per heavy atom. The van der Waals surface area contributed by atoms with E-state index in [1.807, 2.05) is 0 Å². The molecular weight excluding hydrogens is 264 g/mol. The SMILES string of the molecule is O=C(O)[C@H]1O[C@@](O)(Br)[C@H](O)[C@@H](O)[C@@H]1O. The van der Waals surface area contributed by atoms with Gasteiger partial charge in [0.25, 0.3) is 4.70 Å². The molecular formula is C6H9BrO7. The number of ether oxygens (including phenoxy) is 1. The number of carboxylic acids is 1. The number of carboxylic acid groups (broad SMARTS) is 1. The van der Waals surface area contributed by atoms with Crippen molar-refractivity contribution in [3.63, 3.8) is 0 Å². The average molecular weight is 273 g/mol. The predicted molar refractivity (Wildman–Crippen MR) is 44.4 cm³/mol. The summed E-state index contributed by atoms with van der Waals surface area (Å²) in [4.78, 5) is 10.5. The molecule has 1 fully saturated rings. The van der Waals surface area contributed by atoms with E-state index in [2.05, 4.69) is 20.7 Å². The van der Waals surface area contributed by atoms with Gasteiger partial charge in [0.05, 0.1) is 0 Å². The molecule has 82 valence electrons. The number of alkyl halides is 1. The lowest BCUT2D eigenvalue weighted by molar-refractivity contribution is -0.294. The first kappa shape index (κ1) is 11.8. The molecule has 14 heavy (non-hydrogen) atoms.